The van der Waals surface area contributed by atoms with Crippen LogP contribution in [-0.2, 0) is 23.8 Å². The molecule has 0 aliphatic heterocycles. The molecule has 5 nitrogen and oxygen atoms in total. The molecule has 112 valence electrons. The molecule has 0 radical (unpaired) electrons. The van der Waals surface area contributed by atoms with Crippen molar-refractivity contribution in [3.05, 3.63) is 0 Å². The number of carbonyl (C=O) groups is 2. The zero-order chi connectivity index (χ0) is 14.3. The summed E-state index contributed by atoms with van der Waals surface area (Å²) in [5.41, 5.74) is 0. The summed E-state index contributed by atoms with van der Waals surface area (Å²) in [6.45, 7) is 3.03. The Labute approximate surface area is 115 Å². The molecule has 5 heteroatoms. The van der Waals surface area contributed by atoms with E-state index in [2.05, 4.69) is 0 Å². The lowest BCUT2D eigenvalue weighted by Crippen LogP contribution is -2.09. The maximum Gasteiger partial charge on any atom is 0.305 e. The van der Waals surface area contributed by atoms with Gasteiger partial charge in [0.2, 0.25) is 0 Å². The van der Waals surface area contributed by atoms with Crippen molar-refractivity contribution in [2.24, 2.45) is 0 Å². The minimum Gasteiger partial charge on any atom is -0.466 e. The third-order valence-corrected chi connectivity index (χ3v) is 2.62. The quantitative estimate of drug-likeness (QED) is 0.404. The summed E-state index contributed by atoms with van der Waals surface area (Å²) in [6.07, 6.45) is 5.67. The molecule has 0 rings (SSSR count). The highest BCUT2D eigenvalue weighted by Crippen LogP contribution is 2.08. The van der Waals surface area contributed by atoms with Crippen molar-refractivity contribution in [3.63, 3.8) is 0 Å². The van der Waals surface area contributed by atoms with E-state index in [-0.39, 0.29) is 11.9 Å². The average molecular weight is 274 g/mol. The number of hydrogen-bond donors (Lipinski definition) is 0. The first-order valence-corrected chi connectivity index (χ1v) is 7.00. The van der Waals surface area contributed by atoms with E-state index >= 15 is 0 Å². The lowest BCUT2D eigenvalue weighted by atomic mass is 10.1. The minimum absolute atomic E-state index is 0.121. The van der Waals surface area contributed by atoms with Crippen LogP contribution in [0.15, 0.2) is 0 Å². The van der Waals surface area contributed by atoms with Crippen molar-refractivity contribution >= 4 is 11.9 Å². The summed E-state index contributed by atoms with van der Waals surface area (Å²) >= 11 is 0. The standard InChI is InChI=1S/C14H26O5/c1-3-18-13(15)9-7-5-4-6-8-10-14(16)19-12-11-17-2/h3-12H2,1-2H3. The van der Waals surface area contributed by atoms with Crippen LogP contribution in [0.1, 0.15) is 51.9 Å². The van der Waals surface area contributed by atoms with Gasteiger partial charge in [0.15, 0.2) is 0 Å². The van der Waals surface area contributed by atoms with Crippen LogP contribution >= 0.6 is 0 Å². The van der Waals surface area contributed by atoms with Crippen LogP contribution in [0.3, 0.4) is 0 Å². The van der Waals surface area contributed by atoms with Crippen molar-refractivity contribution < 1.29 is 23.8 Å². The van der Waals surface area contributed by atoms with Crippen molar-refractivity contribution in [1.82, 2.24) is 0 Å². The minimum atomic E-state index is -0.163. The average Bonchev–Trinajstić information content (AvgIpc) is 2.38. The molecule has 0 atom stereocenters. The van der Waals surface area contributed by atoms with Gasteiger partial charge < -0.3 is 14.2 Å². The van der Waals surface area contributed by atoms with Gasteiger partial charge in [-0.2, -0.15) is 0 Å². The molecular formula is C14H26O5. The van der Waals surface area contributed by atoms with Gasteiger partial charge in [-0.25, -0.2) is 0 Å². The monoisotopic (exact) mass is 274 g/mol. The molecule has 0 saturated heterocycles. The van der Waals surface area contributed by atoms with Crippen LogP contribution in [0.25, 0.3) is 0 Å². The Kier molecular flexibility index (Phi) is 12.6. The van der Waals surface area contributed by atoms with Crippen LogP contribution in [0.4, 0.5) is 0 Å². The number of esters is 2. The predicted octanol–water partition coefficient (Wildman–Crippen LogP) is 2.47. The fourth-order valence-corrected chi connectivity index (χ4v) is 1.61. The van der Waals surface area contributed by atoms with Crippen molar-refractivity contribution in [2.45, 2.75) is 51.9 Å². The summed E-state index contributed by atoms with van der Waals surface area (Å²) in [5, 5.41) is 0. The number of methoxy groups -OCH3 is 1. The highest BCUT2D eigenvalue weighted by Gasteiger charge is 2.03. The van der Waals surface area contributed by atoms with Crippen molar-refractivity contribution in [1.29, 1.82) is 0 Å². The van der Waals surface area contributed by atoms with Gasteiger partial charge in [0.25, 0.3) is 0 Å². The first kappa shape index (κ1) is 17.9. The van der Waals surface area contributed by atoms with Crippen LogP contribution in [0.5, 0.6) is 0 Å². The van der Waals surface area contributed by atoms with Gasteiger partial charge in [0, 0.05) is 20.0 Å². The van der Waals surface area contributed by atoms with E-state index in [0.717, 1.165) is 32.1 Å². The summed E-state index contributed by atoms with van der Waals surface area (Å²) in [4.78, 5) is 22.3. The predicted molar refractivity (Wildman–Crippen MR) is 71.8 cm³/mol. The van der Waals surface area contributed by atoms with Gasteiger partial charge in [-0.15, -0.1) is 0 Å². The number of ether oxygens (including phenoxy) is 3. The van der Waals surface area contributed by atoms with Gasteiger partial charge in [-0.05, 0) is 19.8 Å². The Morgan fingerprint density at radius 1 is 0.789 bits per heavy atom. The molecule has 0 aromatic carbocycles. The summed E-state index contributed by atoms with van der Waals surface area (Å²) < 4.78 is 14.6. The number of unbranched alkanes of at least 4 members (excludes halogenated alkanes) is 4. The second kappa shape index (κ2) is 13.3. The first-order valence-electron chi connectivity index (χ1n) is 7.00. The van der Waals surface area contributed by atoms with E-state index in [0.29, 0.717) is 32.7 Å². The molecule has 0 heterocycles. The SMILES string of the molecule is CCOC(=O)CCCCCCCC(=O)OCCOC. The third-order valence-electron chi connectivity index (χ3n) is 2.62. The van der Waals surface area contributed by atoms with Gasteiger partial charge in [0.05, 0.1) is 13.2 Å². The smallest absolute Gasteiger partial charge is 0.305 e. The Balaban J connectivity index is 3.22. The summed E-state index contributed by atoms with van der Waals surface area (Å²) in [7, 11) is 1.57. The van der Waals surface area contributed by atoms with Crippen LogP contribution < -0.4 is 0 Å². The topological polar surface area (TPSA) is 61.8 Å². The molecule has 0 fully saturated rings. The zero-order valence-electron chi connectivity index (χ0n) is 12.1. The molecule has 19 heavy (non-hydrogen) atoms. The van der Waals surface area contributed by atoms with Crippen molar-refractivity contribution in [2.75, 3.05) is 26.9 Å². The number of rotatable bonds is 12. The Bertz CT molecular complexity index is 240. The lowest BCUT2D eigenvalue weighted by Gasteiger charge is -2.04. The molecule has 0 aromatic rings. The first-order chi connectivity index (χ1) is 9.20. The normalized spacial score (nSPS) is 10.2. The molecule has 0 amide bonds. The highest BCUT2D eigenvalue weighted by molar-refractivity contribution is 5.69. The van der Waals surface area contributed by atoms with E-state index < -0.39 is 0 Å². The molecule has 0 aromatic heterocycles. The van der Waals surface area contributed by atoms with E-state index in [4.69, 9.17) is 14.2 Å². The molecule has 0 aliphatic carbocycles. The largest absolute Gasteiger partial charge is 0.466 e. The maximum absolute atomic E-state index is 11.2. The lowest BCUT2D eigenvalue weighted by molar-refractivity contribution is -0.145. The molecule has 0 unspecified atom stereocenters. The van der Waals surface area contributed by atoms with Crippen molar-refractivity contribution in [3.8, 4) is 0 Å². The molecule has 0 bridgehead atoms. The Hall–Kier alpha value is -1.10. The Morgan fingerprint density at radius 2 is 1.32 bits per heavy atom. The number of hydrogen-bond acceptors (Lipinski definition) is 5. The zero-order valence-corrected chi connectivity index (χ0v) is 12.1. The second-order valence-corrected chi connectivity index (χ2v) is 4.29. The number of carbonyl (C=O) groups excluding carboxylic acids is 2. The Morgan fingerprint density at radius 3 is 1.84 bits per heavy atom. The molecule has 0 N–H and O–H groups in total. The van der Waals surface area contributed by atoms with E-state index in [1.54, 1.807) is 7.11 Å². The maximum atomic E-state index is 11.2. The second-order valence-electron chi connectivity index (χ2n) is 4.29. The molecule has 0 saturated carbocycles. The van der Waals surface area contributed by atoms with Crippen LogP contribution in [-0.4, -0.2) is 38.9 Å². The van der Waals surface area contributed by atoms with Gasteiger partial charge >= 0.3 is 11.9 Å². The highest BCUT2D eigenvalue weighted by atomic mass is 16.6. The third kappa shape index (κ3) is 13.1. The summed E-state index contributed by atoms with van der Waals surface area (Å²) in [5.74, 6) is -0.284. The van der Waals surface area contributed by atoms with Gasteiger partial charge in [0.1, 0.15) is 6.61 Å². The fraction of sp³-hybridized carbons (Fsp3) is 0.857. The van der Waals surface area contributed by atoms with E-state index in [1.165, 1.54) is 0 Å². The fourth-order valence-electron chi connectivity index (χ4n) is 1.61. The molecule has 0 aliphatic rings. The summed E-state index contributed by atoms with van der Waals surface area (Å²) in [6, 6.07) is 0. The van der Waals surface area contributed by atoms with Gasteiger partial charge in [-0.3, -0.25) is 9.59 Å². The van der Waals surface area contributed by atoms with E-state index in [9.17, 15) is 9.59 Å². The van der Waals surface area contributed by atoms with E-state index in [1.807, 2.05) is 6.92 Å². The van der Waals surface area contributed by atoms with Crippen LogP contribution in [0, 0.1) is 0 Å². The van der Waals surface area contributed by atoms with Crippen LogP contribution in [0.2, 0.25) is 0 Å². The molecule has 0 spiro atoms. The van der Waals surface area contributed by atoms with Gasteiger partial charge in [-0.1, -0.05) is 19.3 Å². The molecular weight excluding hydrogens is 248 g/mol.